The maximum atomic E-state index is 13.6. The third-order valence-corrected chi connectivity index (χ3v) is 4.72. The number of rotatable bonds is 4. The van der Waals surface area contributed by atoms with Gasteiger partial charge in [-0.25, -0.2) is 4.39 Å². The zero-order valence-electron chi connectivity index (χ0n) is 15.6. The first-order chi connectivity index (χ1) is 14.2. The largest absolute Gasteiger partial charge is 0.573 e. The van der Waals surface area contributed by atoms with E-state index in [2.05, 4.69) is 14.9 Å². The van der Waals surface area contributed by atoms with Crippen molar-refractivity contribution in [2.45, 2.75) is 25.6 Å². The van der Waals surface area contributed by atoms with Gasteiger partial charge in [-0.1, -0.05) is 11.2 Å². The Morgan fingerprint density at radius 3 is 2.60 bits per heavy atom. The van der Waals surface area contributed by atoms with Gasteiger partial charge in [0.25, 0.3) is 0 Å². The van der Waals surface area contributed by atoms with Gasteiger partial charge in [0, 0.05) is 24.2 Å². The summed E-state index contributed by atoms with van der Waals surface area (Å²) in [4.78, 5) is 18.2. The van der Waals surface area contributed by atoms with E-state index in [1.165, 1.54) is 29.2 Å². The number of amides is 1. The number of hydrogen-bond acceptors (Lipinski definition) is 5. The van der Waals surface area contributed by atoms with Gasteiger partial charge in [0.1, 0.15) is 11.6 Å². The molecule has 1 aromatic heterocycles. The second kappa shape index (κ2) is 7.43. The second-order valence-corrected chi connectivity index (χ2v) is 6.86. The van der Waals surface area contributed by atoms with Crippen LogP contribution < -0.4 is 9.64 Å². The van der Waals surface area contributed by atoms with Crippen molar-refractivity contribution < 1.29 is 31.6 Å². The molecule has 1 unspecified atom stereocenters. The normalized spacial score (nSPS) is 16.9. The number of alkyl halides is 3. The van der Waals surface area contributed by atoms with Crippen molar-refractivity contribution in [2.24, 2.45) is 0 Å². The Hall–Kier alpha value is -3.43. The SMILES string of the molecule is Cc1ccc(F)cc1N1CC(c2nc(-c3ccc(OC(F)(F)F)cc3)no2)CC1=O. The number of ether oxygens (including phenoxy) is 1. The van der Waals surface area contributed by atoms with E-state index in [0.717, 1.165) is 17.7 Å². The standard InChI is InChI=1S/C20H15F4N3O3/c1-11-2-5-14(21)9-16(11)27-10-13(8-17(27)28)19-25-18(26-30-19)12-3-6-15(7-4-12)29-20(22,23)24/h2-7,9,13H,8,10H2,1H3. The molecule has 30 heavy (non-hydrogen) atoms. The van der Waals surface area contributed by atoms with Crippen molar-refractivity contribution in [1.29, 1.82) is 0 Å². The lowest BCUT2D eigenvalue weighted by Crippen LogP contribution is -2.25. The summed E-state index contributed by atoms with van der Waals surface area (Å²) in [5.74, 6) is -0.972. The van der Waals surface area contributed by atoms with Crippen molar-refractivity contribution >= 4 is 11.6 Å². The molecule has 0 aliphatic carbocycles. The van der Waals surface area contributed by atoms with Crippen molar-refractivity contribution in [1.82, 2.24) is 10.1 Å². The van der Waals surface area contributed by atoms with Crippen LogP contribution >= 0.6 is 0 Å². The molecule has 0 N–H and O–H groups in total. The molecule has 1 aliphatic heterocycles. The lowest BCUT2D eigenvalue weighted by atomic mass is 10.1. The summed E-state index contributed by atoms with van der Waals surface area (Å²) >= 11 is 0. The monoisotopic (exact) mass is 421 g/mol. The van der Waals surface area contributed by atoms with Crippen LogP contribution in [0.25, 0.3) is 11.4 Å². The smallest absolute Gasteiger partial charge is 0.406 e. The summed E-state index contributed by atoms with van der Waals surface area (Å²) in [5.41, 5.74) is 1.68. The molecule has 0 spiro atoms. The van der Waals surface area contributed by atoms with Crippen molar-refractivity contribution in [3.8, 4) is 17.1 Å². The van der Waals surface area contributed by atoms with E-state index in [0.29, 0.717) is 11.3 Å². The number of carbonyl (C=O) groups excluding carboxylic acids is 1. The number of benzene rings is 2. The fourth-order valence-electron chi connectivity index (χ4n) is 3.30. The average Bonchev–Trinajstić information content (AvgIpc) is 3.30. The number of carbonyl (C=O) groups is 1. The number of halogens is 4. The van der Waals surface area contributed by atoms with Crippen LogP contribution in [-0.4, -0.2) is 29.0 Å². The van der Waals surface area contributed by atoms with E-state index in [1.807, 2.05) is 0 Å². The van der Waals surface area contributed by atoms with Crippen LogP contribution in [0.1, 0.15) is 23.8 Å². The maximum Gasteiger partial charge on any atom is 0.573 e. The summed E-state index contributed by atoms with van der Waals surface area (Å²) in [5, 5.41) is 3.85. The molecule has 2 aromatic carbocycles. The highest BCUT2D eigenvalue weighted by Gasteiger charge is 2.36. The molecule has 1 atom stereocenters. The number of aromatic nitrogens is 2. The fraction of sp³-hybridized carbons (Fsp3) is 0.250. The number of hydrogen-bond donors (Lipinski definition) is 0. The van der Waals surface area contributed by atoms with Crippen molar-refractivity contribution in [2.75, 3.05) is 11.4 Å². The Morgan fingerprint density at radius 2 is 1.90 bits per heavy atom. The zero-order valence-corrected chi connectivity index (χ0v) is 15.6. The number of nitrogens with zero attached hydrogens (tertiary/aromatic N) is 3. The van der Waals surface area contributed by atoms with E-state index in [-0.39, 0.29) is 42.3 Å². The van der Waals surface area contributed by atoms with Gasteiger partial charge < -0.3 is 14.2 Å². The van der Waals surface area contributed by atoms with Crippen LogP contribution in [0.3, 0.4) is 0 Å². The molecule has 4 rings (SSSR count). The highest BCUT2D eigenvalue weighted by atomic mass is 19.4. The molecule has 1 fully saturated rings. The predicted octanol–water partition coefficient (Wildman–Crippen LogP) is 4.60. The van der Waals surface area contributed by atoms with Gasteiger partial charge in [-0.05, 0) is 48.9 Å². The lowest BCUT2D eigenvalue weighted by Gasteiger charge is -2.18. The van der Waals surface area contributed by atoms with Crippen molar-refractivity contribution in [3.63, 3.8) is 0 Å². The Kier molecular flexibility index (Phi) is 4.92. The zero-order chi connectivity index (χ0) is 21.5. The highest BCUT2D eigenvalue weighted by Crippen LogP contribution is 2.34. The van der Waals surface area contributed by atoms with Crippen LogP contribution in [-0.2, 0) is 4.79 Å². The van der Waals surface area contributed by atoms with Crippen LogP contribution in [0.2, 0.25) is 0 Å². The Labute approximate surface area is 168 Å². The van der Waals surface area contributed by atoms with Gasteiger partial charge >= 0.3 is 6.36 Å². The number of aryl methyl sites for hydroxylation is 1. The van der Waals surface area contributed by atoms with Gasteiger partial charge in [0.15, 0.2) is 0 Å². The molecule has 0 radical (unpaired) electrons. The lowest BCUT2D eigenvalue weighted by molar-refractivity contribution is -0.274. The molecule has 0 saturated carbocycles. The van der Waals surface area contributed by atoms with Crippen LogP contribution in [0.4, 0.5) is 23.2 Å². The van der Waals surface area contributed by atoms with Gasteiger partial charge in [0.2, 0.25) is 17.6 Å². The predicted molar refractivity (Wildman–Crippen MR) is 97.3 cm³/mol. The first-order valence-corrected chi connectivity index (χ1v) is 8.96. The fourth-order valence-corrected chi connectivity index (χ4v) is 3.30. The Morgan fingerprint density at radius 1 is 1.17 bits per heavy atom. The van der Waals surface area contributed by atoms with E-state index >= 15 is 0 Å². The van der Waals surface area contributed by atoms with E-state index < -0.39 is 12.2 Å². The molecule has 156 valence electrons. The minimum Gasteiger partial charge on any atom is -0.406 e. The molecule has 2 heterocycles. The van der Waals surface area contributed by atoms with E-state index in [1.54, 1.807) is 13.0 Å². The molecule has 3 aromatic rings. The quantitative estimate of drug-likeness (QED) is 0.576. The Balaban J connectivity index is 1.50. The molecular weight excluding hydrogens is 406 g/mol. The molecular formula is C20H15F4N3O3. The average molecular weight is 421 g/mol. The first-order valence-electron chi connectivity index (χ1n) is 8.96. The second-order valence-electron chi connectivity index (χ2n) is 6.86. The highest BCUT2D eigenvalue weighted by molar-refractivity contribution is 5.97. The minimum atomic E-state index is -4.78. The van der Waals surface area contributed by atoms with Gasteiger partial charge in [-0.3, -0.25) is 4.79 Å². The molecule has 1 aliphatic rings. The van der Waals surface area contributed by atoms with Crippen LogP contribution in [0.5, 0.6) is 5.75 Å². The first kappa shape index (κ1) is 19.9. The Bertz CT molecular complexity index is 1080. The molecule has 0 bridgehead atoms. The molecule has 1 saturated heterocycles. The summed E-state index contributed by atoms with van der Waals surface area (Å²) in [6, 6.07) is 9.27. The summed E-state index contributed by atoms with van der Waals surface area (Å²) < 4.78 is 59.5. The molecule has 6 nitrogen and oxygen atoms in total. The van der Waals surface area contributed by atoms with Crippen LogP contribution in [0, 0.1) is 12.7 Å². The maximum absolute atomic E-state index is 13.6. The molecule has 1 amide bonds. The summed E-state index contributed by atoms with van der Waals surface area (Å²) in [6.07, 6.45) is -4.66. The van der Waals surface area contributed by atoms with Crippen molar-refractivity contribution in [3.05, 3.63) is 59.7 Å². The van der Waals surface area contributed by atoms with Crippen LogP contribution in [0.15, 0.2) is 47.0 Å². The topological polar surface area (TPSA) is 68.5 Å². The minimum absolute atomic E-state index is 0.121. The van der Waals surface area contributed by atoms with E-state index in [9.17, 15) is 22.4 Å². The summed E-state index contributed by atoms with van der Waals surface area (Å²) in [7, 11) is 0. The van der Waals surface area contributed by atoms with Gasteiger partial charge in [-0.15, -0.1) is 13.2 Å². The van der Waals surface area contributed by atoms with Gasteiger partial charge in [0.05, 0.1) is 5.92 Å². The number of anilines is 1. The molecule has 10 heteroatoms. The third kappa shape index (κ3) is 4.12. The summed E-state index contributed by atoms with van der Waals surface area (Å²) in [6.45, 7) is 2.04. The van der Waals surface area contributed by atoms with E-state index in [4.69, 9.17) is 4.52 Å². The van der Waals surface area contributed by atoms with Gasteiger partial charge in [-0.2, -0.15) is 4.98 Å². The third-order valence-electron chi connectivity index (χ3n) is 4.72.